The van der Waals surface area contributed by atoms with Gasteiger partial charge in [0.15, 0.2) is 0 Å². The molecule has 0 radical (unpaired) electrons. The third-order valence-corrected chi connectivity index (χ3v) is 7.33. The number of fused-ring (bicyclic) bond motifs is 6. The van der Waals surface area contributed by atoms with Gasteiger partial charge in [-0.2, -0.15) is 0 Å². The van der Waals surface area contributed by atoms with Crippen molar-refractivity contribution in [2.75, 3.05) is 30.2 Å². The first-order valence-corrected chi connectivity index (χ1v) is 11.0. The van der Waals surface area contributed by atoms with Crippen molar-refractivity contribution in [3.8, 4) is 0 Å². The van der Waals surface area contributed by atoms with Crippen LogP contribution in [0.3, 0.4) is 0 Å². The second kappa shape index (κ2) is 5.57. The molecular weight excluding hydrogens is 352 g/mol. The summed E-state index contributed by atoms with van der Waals surface area (Å²) < 4.78 is 31.3. The van der Waals surface area contributed by atoms with E-state index in [0.717, 1.165) is 31.5 Å². The Bertz CT molecular complexity index is 890. The number of aryl methyl sites for hydroxylation is 1. The molecule has 5 rings (SSSR count). The fourth-order valence-corrected chi connectivity index (χ4v) is 5.91. The molecule has 0 spiro atoms. The maximum Gasteiger partial charge on any atom is 0.253 e. The highest BCUT2D eigenvalue weighted by Gasteiger charge is 2.51. The molecule has 7 heteroatoms. The number of benzene rings is 1. The third kappa shape index (κ3) is 2.41. The van der Waals surface area contributed by atoms with Crippen molar-refractivity contribution in [3.05, 3.63) is 41.5 Å². The predicted octanol–water partition coefficient (Wildman–Crippen LogP) is 1.42. The Morgan fingerprint density at radius 3 is 2.50 bits per heavy atom. The van der Waals surface area contributed by atoms with Gasteiger partial charge in [-0.15, -0.1) is 0 Å². The van der Waals surface area contributed by atoms with Gasteiger partial charge in [0, 0.05) is 37.0 Å². The second-order valence-corrected chi connectivity index (χ2v) is 9.68. The molecule has 138 valence electrons. The lowest BCUT2D eigenvalue weighted by Gasteiger charge is -2.29. The van der Waals surface area contributed by atoms with Gasteiger partial charge in [-0.3, -0.25) is 9.10 Å². The molecule has 2 bridgehead atoms. The van der Waals surface area contributed by atoms with Crippen molar-refractivity contribution in [2.45, 2.75) is 25.0 Å². The van der Waals surface area contributed by atoms with Gasteiger partial charge in [0.25, 0.3) is 5.91 Å². The minimum Gasteiger partial charge on any atom is -0.366 e. The van der Waals surface area contributed by atoms with Crippen molar-refractivity contribution >= 4 is 21.6 Å². The number of hydrogen-bond donors (Lipinski definition) is 0. The Hall–Kier alpha value is -1.86. The lowest BCUT2D eigenvalue weighted by Crippen LogP contribution is -2.35. The number of amides is 1. The molecule has 4 unspecified atom stereocenters. The van der Waals surface area contributed by atoms with E-state index < -0.39 is 10.0 Å². The van der Waals surface area contributed by atoms with Gasteiger partial charge in [-0.25, -0.2) is 8.42 Å². The molecule has 4 aliphatic rings. The zero-order valence-corrected chi connectivity index (χ0v) is 15.5. The van der Waals surface area contributed by atoms with E-state index in [4.69, 9.17) is 4.74 Å². The molecule has 1 aromatic rings. The summed E-state index contributed by atoms with van der Waals surface area (Å²) in [5, 5.41) is 0. The number of likely N-dealkylation sites (tertiary alicyclic amines) is 1. The molecule has 0 saturated carbocycles. The number of carbonyl (C=O) groups is 1. The standard InChI is InChI=1S/C19H22N2O4S/c1-26(23,24)21-8-2-3-12-9-13(4-5-16(12)21)19(22)20-10-14-15(11-20)18-7-6-17(14)25-18/h4-7,9,14-15,17-18H,2-3,8,10-11H2,1H3. The molecule has 1 aromatic carbocycles. The molecule has 2 saturated heterocycles. The topological polar surface area (TPSA) is 66.9 Å². The third-order valence-electron chi connectivity index (χ3n) is 6.15. The van der Waals surface area contributed by atoms with Crippen LogP contribution in [0.5, 0.6) is 0 Å². The van der Waals surface area contributed by atoms with E-state index >= 15 is 0 Å². The van der Waals surface area contributed by atoms with E-state index in [1.807, 2.05) is 11.0 Å². The first kappa shape index (κ1) is 16.3. The fraction of sp³-hybridized carbons (Fsp3) is 0.526. The van der Waals surface area contributed by atoms with Crippen molar-refractivity contribution in [2.24, 2.45) is 11.8 Å². The van der Waals surface area contributed by atoms with E-state index in [1.54, 1.807) is 12.1 Å². The second-order valence-electron chi connectivity index (χ2n) is 7.77. The van der Waals surface area contributed by atoms with Gasteiger partial charge in [0.1, 0.15) is 0 Å². The average molecular weight is 374 g/mol. The van der Waals surface area contributed by atoms with Crippen LogP contribution in [0.15, 0.2) is 30.4 Å². The first-order valence-electron chi connectivity index (χ1n) is 9.15. The Morgan fingerprint density at radius 2 is 1.85 bits per heavy atom. The minimum absolute atomic E-state index is 0.0399. The predicted molar refractivity (Wildman–Crippen MR) is 97.6 cm³/mol. The van der Waals surface area contributed by atoms with Crippen LogP contribution in [-0.4, -0.2) is 57.3 Å². The van der Waals surface area contributed by atoms with Gasteiger partial charge in [-0.05, 0) is 36.6 Å². The first-order chi connectivity index (χ1) is 12.4. The van der Waals surface area contributed by atoms with Crippen LogP contribution in [0, 0.1) is 11.8 Å². The maximum absolute atomic E-state index is 13.0. The molecule has 1 amide bonds. The summed E-state index contributed by atoms with van der Waals surface area (Å²) in [6.45, 7) is 1.98. The number of anilines is 1. The Balaban J connectivity index is 1.39. The zero-order chi connectivity index (χ0) is 18.1. The molecule has 4 heterocycles. The molecule has 4 aliphatic heterocycles. The number of carbonyl (C=O) groups excluding carboxylic acids is 1. The monoisotopic (exact) mass is 374 g/mol. The van der Waals surface area contributed by atoms with Crippen LogP contribution in [0.4, 0.5) is 5.69 Å². The Morgan fingerprint density at radius 1 is 1.15 bits per heavy atom. The molecule has 26 heavy (non-hydrogen) atoms. The van der Waals surface area contributed by atoms with E-state index in [1.165, 1.54) is 10.6 Å². The Labute approximate surface area is 153 Å². The van der Waals surface area contributed by atoms with E-state index in [-0.39, 0.29) is 18.1 Å². The van der Waals surface area contributed by atoms with Crippen molar-refractivity contribution in [1.29, 1.82) is 0 Å². The lowest BCUT2D eigenvalue weighted by atomic mass is 9.86. The summed E-state index contributed by atoms with van der Waals surface area (Å²) in [4.78, 5) is 14.9. The molecular formula is C19H22N2O4S. The molecule has 6 nitrogen and oxygen atoms in total. The summed E-state index contributed by atoms with van der Waals surface area (Å²) in [6.07, 6.45) is 7.38. The van der Waals surface area contributed by atoms with Gasteiger partial charge in [-0.1, -0.05) is 12.2 Å². The van der Waals surface area contributed by atoms with Crippen LogP contribution >= 0.6 is 0 Å². The van der Waals surface area contributed by atoms with Gasteiger partial charge in [0.2, 0.25) is 10.0 Å². The minimum atomic E-state index is -3.29. The number of hydrogen-bond acceptors (Lipinski definition) is 4. The molecule has 0 aromatic heterocycles. The smallest absolute Gasteiger partial charge is 0.253 e. The van der Waals surface area contributed by atoms with E-state index in [0.29, 0.717) is 29.6 Å². The van der Waals surface area contributed by atoms with Crippen LogP contribution in [-0.2, 0) is 21.2 Å². The number of rotatable bonds is 2. The summed E-state index contributed by atoms with van der Waals surface area (Å²) in [7, 11) is -3.29. The molecule has 4 atom stereocenters. The highest BCUT2D eigenvalue weighted by atomic mass is 32.2. The van der Waals surface area contributed by atoms with Gasteiger partial charge >= 0.3 is 0 Å². The maximum atomic E-state index is 13.0. The van der Waals surface area contributed by atoms with E-state index in [2.05, 4.69) is 12.2 Å². The highest BCUT2D eigenvalue weighted by Crippen LogP contribution is 2.44. The number of ether oxygens (including phenoxy) is 1. The number of sulfonamides is 1. The molecule has 2 fully saturated rings. The Kier molecular flexibility index (Phi) is 3.49. The largest absolute Gasteiger partial charge is 0.366 e. The summed E-state index contributed by atoms with van der Waals surface area (Å²) in [5.74, 6) is 0.859. The van der Waals surface area contributed by atoms with E-state index in [9.17, 15) is 13.2 Å². The molecule has 0 N–H and O–H groups in total. The van der Waals surface area contributed by atoms with Crippen LogP contribution < -0.4 is 4.31 Å². The highest BCUT2D eigenvalue weighted by molar-refractivity contribution is 7.92. The van der Waals surface area contributed by atoms with Crippen LogP contribution in [0.1, 0.15) is 22.3 Å². The SMILES string of the molecule is CS(=O)(=O)N1CCCc2cc(C(=O)N3CC4C5C=CC(O5)C4C3)ccc21. The summed E-state index contributed by atoms with van der Waals surface area (Å²) >= 11 is 0. The van der Waals surface area contributed by atoms with Crippen molar-refractivity contribution in [1.82, 2.24) is 4.90 Å². The number of nitrogens with zero attached hydrogens (tertiary/aromatic N) is 2. The van der Waals surface area contributed by atoms with Crippen LogP contribution in [0.2, 0.25) is 0 Å². The lowest BCUT2D eigenvalue weighted by molar-refractivity contribution is 0.0655. The normalized spacial score (nSPS) is 32.0. The van der Waals surface area contributed by atoms with Crippen LogP contribution in [0.25, 0.3) is 0 Å². The van der Waals surface area contributed by atoms with Crippen molar-refractivity contribution in [3.63, 3.8) is 0 Å². The summed E-state index contributed by atoms with van der Waals surface area (Å²) in [5.41, 5.74) is 2.31. The zero-order valence-electron chi connectivity index (χ0n) is 14.7. The van der Waals surface area contributed by atoms with Gasteiger partial charge in [0.05, 0.1) is 24.2 Å². The van der Waals surface area contributed by atoms with Crippen molar-refractivity contribution < 1.29 is 17.9 Å². The summed E-state index contributed by atoms with van der Waals surface area (Å²) in [6, 6.07) is 5.43. The quantitative estimate of drug-likeness (QED) is 0.735. The molecule has 0 aliphatic carbocycles. The average Bonchev–Trinajstić information content (AvgIpc) is 3.32. The van der Waals surface area contributed by atoms with Gasteiger partial charge < -0.3 is 9.64 Å². The fourth-order valence-electron chi connectivity index (χ4n) is 4.92.